The lowest BCUT2D eigenvalue weighted by Gasteiger charge is -2.19. The molecule has 0 saturated heterocycles. The van der Waals surface area contributed by atoms with Gasteiger partial charge in [0.05, 0.1) is 6.61 Å². The molecule has 0 aliphatic heterocycles. The van der Waals surface area contributed by atoms with Gasteiger partial charge in [-0.15, -0.1) is 0 Å². The predicted molar refractivity (Wildman–Crippen MR) is 39.4 cm³/mol. The third-order valence-electron chi connectivity index (χ3n) is 1.90. The average Bonchev–Trinajstić information content (AvgIpc) is 1.90. The molecule has 2 nitrogen and oxygen atoms in total. The van der Waals surface area contributed by atoms with E-state index in [2.05, 4.69) is 19.2 Å². The van der Waals surface area contributed by atoms with Gasteiger partial charge in [-0.1, -0.05) is 20.3 Å². The molecule has 2 heteroatoms. The minimum atomic E-state index is 0.242. The summed E-state index contributed by atoms with van der Waals surface area (Å²) in [6.45, 7) is 4.51. The number of likely N-dealkylation sites (N-methyl/N-ethyl adjacent to an activating group) is 1. The largest absolute Gasteiger partial charge is 0.395 e. The normalized spacial score (nSPS) is 17.3. The van der Waals surface area contributed by atoms with Gasteiger partial charge in [0, 0.05) is 6.04 Å². The summed E-state index contributed by atoms with van der Waals surface area (Å²) in [5.74, 6) is 0.569. The molecule has 0 fully saturated rings. The van der Waals surface area contributed by atoms with E-state index in [9.17, 15) is 0 Å². The summed E-state index contributed by atoms with van der Waals surface area (Å²) < 4.78 is 0. The highest BCUT2D eigenvalue weighted by Gasteiger charge is 2.10. The number of hydrogen-bond acceptors (Lipinski definition) is 2. The topological polar surface area (TPSA) is 32.3 Å². The van der Waals surface area contributed by atoms with E-state index >= 15 is 0 Å². The summed E-state index contributed by atoms with van der Waals surface area (Å²) >= 11 is 0. The van der Waals surface area contributed by atoms with Gasteiger partial charge in [-0.3, -0.25) is 0 Å². The van der Waals surface area contributed by atoms with Gasteiger partial charge in [0.1, 0.15) is 0 Å². The van der Waals surface area contributed by atoms with Gasteiger partial charge in [0.15, 0.2) is 0 Å². The van der Waals surface area contributed by atoms with Crippen molar-refractivity contribution in [3.8, 4) is 0 Å². The van der Waals surface area contributed by atoms with Gasteiger partial charge in [0.25, 0.3) is 0 Å². The Balaban J connectivity index is 3.50. The summed E-state index contributed by atoms with van der Waals surface area (Å²) in [4.78, 5) is 0. The summed E-state index contributed by atoms with van der Waals surface area (Å²) in [6, 6.07) is 0.273. The van der Waals surface area contributed by atoms with Gasteiger partial charge in [-0.25, -0.2) is 0 Å². The van der Waals surface area contributed by atoms with Crippen LogP contribution < -0.4 is 5.32 Å². The zero-order valence-corrected chi connectivity index (χ0v) is 6.52. The fourth-order valence-corrected chi connectivity index (χ4v) is 0.840. The Hall–Kier alpha value is -0.0800. The van der Waals surface area contributed by atoms with Crippen molar-refractivity contribution in [2.75, 3.05) is 13.7 Å². The van der Waals surface area contributed by atoms with E-state index in [0.29, 0.717) is 5.92 Å². The molecule has 0 bridgehead atoms. The molecular weight excluding hydrogens is 114 g/mol. The number of aliphatic hydroxyl groups excluding tert-OH is 1. The maximum absolute atomic E-state index is 8.77. The fourth-order valence-electron chi connectivity index (χ4n) is 0.840. The van der Waals surface area contributed by atoms with Gasteiger partial charge in [-0.2, -0.15) is 0 Å². The minimum Gasteiger partial charge on any atom is -0.395 e. The van der Waals surface area contributed by atoms with E-state index in [4.69, 9.17) is 5.11 Å². The lowest BCUT2D eigenvalue weighted by Crippen LogP contribution is -2.34. The smallest absolute Gasteiger partial charge is 0.0587 e. The minimum absolute atomic E-state index is 0.242. The fraction of sp³-hybridized carbons (Fsp3) is 1.00. The maximum Gasteiger partial charge on any atom is 0.0587 e. The molecule has 9 heavy (non-hydrogen) atoms. The molecule has 2 atom stereocenters. The van der Waals surface area contributed by atoms with Crippen molar-refractivity contribution in [2.24, 2.45) is 5.92 Å². The molecule has 2 N–H and O–H groups in total. The molecule has 0 spiro atoms. The van der Waals surface area contributed by atoms with Crippen LogP contribution in [0.3, 0.4) is 0 Å². The molecule has 0 saturated carbocycles. The Morgan fingerprint density at radius 1 is 1.56 bits per heavy atom. The second-order valence-electron chi connectivity index (χ2n) is 2.46. The molecule has 0 aliphatic rings. The molecule has 0 radical (unpaired) electrons. The molecule has 56 valence electrons. The van der Waals surface area contributed by atoms with E-state index < -0.39 is 0 Å². The first-order valence-corrected chi connectivity index (χ1v) is 3.54. The number of aliphatic hydroxyl groups is 1. The van der Waals surface area contributed by atoms with Crippen molar-refractivity contribution in [3.63, 3.8) is 0 Å². The molecule has 0 aromatic carbocycles. The first-order valence-electron chi connectivity index (χ1n) is 3.54. The van der Waals surface area contributed by atoms with Crippen molar-refractivity contribution >= 4 is 0 Å². The SMILES string of the molecule is CCC(C)C(CO)NC. The highest BCUT2D eigenvalue weighted by atomic mass is 16.3. The standard InChI is InChI=1S/C7H17NO/c1-4-6(2)7(5-9)8-3/h6-9H,4-5H2,1-3H3. The van der Waals surface area contributed by atoms with Crippen LogP contribution in [0.2, 0.25) is 0 Å². The third kappa shape index (κ3) is 2.82. The van der Waals surface area contributed by atoms with Gasteiger partial charge in [0.2, 0.25) is 0 Å². The second kappa shape index (κ2) is 4.77. The number of rotatable bonds is 4. The van der Waals surface area contributed by atoms with Crippen LogP contribution in [0.15, 0.2) is 0 Å². The molecule has 2 unspecified atom stereocenters. The second-order valence-corrected chi connectivity index (χ2v) is 2.46. The van der Waals surface area contributed by atoms with Crippen LogP contribution in [-0.2, 0) is 0 Å². The van der Waals surface area contributed by atoms with Crippen LogP contribution in [0.1, 0.15) is 20.3 Å². The van der Waals surface area contributed by atoms with Crippen molar-refractivity contribution in [1.29, 1.82) is 0 Å². The third-order valence-corrected chi connectivity index (χ3v) is 1.90. The molecule has 0 heterocycles. The van der Waals surface area contributed by atoms with E-state index in [1.807, 2.05) is 7.05 Å². The lowest BCUT2D eigenvalue weighted by molar-refractivity contribution is 0.209. The Kier molecular flexibility index (Phi) is 4.72. The van der Waals surface area contributed by atoms with Crippen molar-refractivity contribution in [3.05, 3.63) is 0 Å². The van der Waals surface area contributed by atoms with E-state index in [1.165, 1.54) is 0 Å². The molecule has 0 amide bonds. The van der Waals surface area contributed by atoms with E-state index in [0.717, 1.165) is 6.42 Å². The summed E-state index contributed by atoms with van der Waals surface area (Å²) in [5.41, 5.74) is 0. The van der Waals surface area contributed by atoms with Crippen LogP contribution >= 0.6 is 0 Å². The van der Waals surface area contributed by atoms with Gasteiger partial charge < -0.3 is 10.4 Å². The summed E-state index contributed by atoms with van der Waals surface area (Å²) in [6.07, 6.45) is 1.12. The maximum atomic E-state index is 8.77. The zero-order valence-electron chi connectivity index (χ0n) is 6.52. The van der Waals surface area contributed by atoms with Gasteiger partial charge in [-0.05, 0) is 13.0 Å². The van der Waals surface area contributed by atoms with Crippen LogP contribution in [0.25, 0.3) is 0 Å². The van der Waals surface area contributed by atoms with Crippen molar-refractivity contribution < 1.29 is 5.11 Å². The Morgan fingerprint density at radius 2 is 2.11 bits per heavy atom. The Bertz CT molecular complexity index is 61.9. The van der Waals surface area contributed by atoms with Crippen molar-refractivity contribution in [2.45, 2.75) is 26.3 Å². The van der Waals surface area contributed by atoms with Crippen LogP contribution in [0, 0.1) is 5.92 Å². The van der Waals surface area contributed by atoms with Crippen LogP contribution in [0.4, 0.5) is 0 Å². The molecule has 0 rings (SSSR count). The highest BCUT2D eigenvalue weighted by Crippen LogP contribution is 2.05. The summed E-state index contributed by atoms with van der Waals surface area (Å²) in [7, 11) is 1.88. The van der Waals surface area contributed by atoms with Crippen molar-refractivity contribution in [1.82, 2.24) is 5.32 Å². The lowest BCUT2D eigenvalue weighted by atomic mass is 10.0. The molecule has 0 aliphatic carbocycles. The zero-order chi connectivity index (χ0) is 7.28. The van der Waals surface area contributed by atoms with Gasteiger partial charge >= 0.3 is 0 Å². The van der Waals surface area contributed by atoms with Crippen LogP contribution in [0.5, 0.6) is 0 Å². The monoisotopic (exact) mass is 131 g/mol. The van der Waals surface area contributed by atoms with E-state index in [1.54, 1.807) is 0 Å². The number of nitrogens with one attached hydrogen (secondary N) is 1. The van der Waals surface area contributed by atoms with E-state index in [-0.39, 0.29) is 12.6 Å². The number of hydrogen-bond donors (Lipinski definition) is 2. The quantitative estimate of drug-likeness (QED) is 0.586. The summed E-state index contributed by atoms with van der Waals surface area (Å²) in [5, 5.41) is 11.8. The average molecular weight is 131 g/mol. The van der Waals surface area contributed by atoms with Crippen LogP contribution in [-0.4, -0.2) is 24.8 Å². The predicted octanol–water partition coefficient (Wildman–Crippen LogP) is 0.613. The first-order chi connectivity index (χ1) is 4.26. The molecular formula is C7H17NO. The highest BCUT2D eigenvalue weighted by molar-refractivity contribution is 4.68. The Labute approximate surface area is 57.3 Å². The first kappa shape index (κ1) is 8.92. The molecule has 0 aromatic rings. The molecule has 0 aromatic heterocycles. The Morgan fingerprint density at radius 3 is 2.22 bits per heavy atom.